The number of anilines is 2. The van der Waals surface area contributed by atoms with Gasteiger partial charge in [0.05, 0.1) is 11.4 Å². The number of nitrogens with one attached hydrogen (secondary N) is 1. The van der Waals surface area contributed by atoms with Crippen molar-refractivity contribution in [2.45, 2.75) is 25.3 Å². The van der Waals surface area contributed by atoms with Gasteiger partial charge in [-0.3, -0.25) is 9.59 Å². The summed E-state index contributed by atoms with van der Waals surface area (Å²) in [5.41, 5.74) is 6.12. The SMILES string of the molecule is C[C@@]1(C(=O)Nc2ccccc2N)CCCN1C(=O)I. The maximum atomic E-state index is 12.4. The summed E-state index contributed by atoms with van der Waals surface area (Å²) >= 11 is 1.72. The number of rotatable bonds is 2. The molecule has 2 rings (SSSR count). The second-order valence-corrected chi connectivity index (χ2v) is 5.75. The normalized spacial score (nSPS) is 22.3. The summed E-state index contributed by atoms with van der Waals surface area (Å²) in [5, 5.41) is 2.82. The topological polar surface area (TPSA) is 75.4 Å². The fourth-order valence-corrected chi connectivity index (χ4v) is 3.12. The lowest BCUT2D eigenvalue weighted by Gasteiger charge is -2.32. The highest BCUT2D eigenvalue weighted by Crippen LogP contribution is 2.32. The zero-order chi connectivity index (χ0) is 14.0. The maximum absolute atomic E-state index is 12.4. The minimum Gasteiger partial charge on any atom is -0.397 e. The molecule has 5 nitrogen and oxygen atoms in total. The van der Waals surface area contributed by atoms with Crippen LogP contribution in [0.5, 0.6) is 0 Å². The van der Waals surface area contributed by atoms with Crippen molar-refractivity contribution in [1.82, 2.24) is 4.90 Å². The number of nitrogens with two attached hydrogens (primary N) is 1. The summed E-state index contributed by atoms with van der Waals surface area (Å²) in [6, 6.07) is 7.10. The van der Waals surface area contributed by atoms with Crippen LogP contribution in [0.15, 0.2) is 24.3 Å². The smallest absolute Gasteiger partial charge is 0.284 e. The number of hydrogen-bond acceptors (Lipinski definition) is 3. The summed E-state index contributed by atoms with van der Waals surface area (Å²) in [5.74, 6) is -0.187. The number of likely N-dealkylation sites (tertiary alicyclic amines) is 1. The van der Waals surface area contributed by atoms with Crippen molar-refractivity contribution in [2.24, 2.45) is 0 Å². The van der Waals surface area contributed by atoms with Crippen LogP contribution in [0.1, 0.15) is 19.8 Å². The average Bonchev–Trinajstić information content (AvgIpc) is 2.76. The second-order valence-electron chi connectivity index (χ2n) is 4.82. The summed E-state index contributed by atoms with van der Waals surface area (Å²) in [7, 11) is 0. The van der Waals surface area contributed by atoms with Gasteiger partial charge in [-0.25, -0.2) is 0 Å². The van der Waals surface area contributed by atoms with E-state index < -0.39 is 5.54 Å². The Bertz CT molecular complexity index is 520. The third-order valence-electron chi connectivity index (χ3n) is 3.55. The molecule has 1 saturated heterocycles. The van der Waals surface area contributed by atoms with Gasteiger partial charge < -0.3 is 16.0 Å². The standard InChI is InChI=1S/C13H16IN3O2/c1-13(7-4-8-17(13)12(14)19)11(18)16-10-6-3-2-5-9(10)15/h2-3,5-6H,4,7-8,15H2,1H3,(H,16,18)/t13-/m0/s1. The van der Waals surface area contributed by atoms with Crippen molar-refractivity contribution >= 4 is 43.8 Å². The quantitative estimate of drug-likeness (QED) is 0.362. The third kappa shape index (κ3) is 2.68. The van der Waals surface area contributed by atoms with Crippen LogP contribution < -0.4 is 11.1 Å². The van der Waals surface area contributed by atoms with Gasteiger partial charge in [0.15, 0.2) is 0 Å². The highest BCUT2D eigenvalue weighted by Gasteiger charge is 2.45. The summed E-state index contributed by atoms with van der Waals surface area (Å²) < 4.78 is -0.103. The van der Waals surface area contributed by atoms with Crippen LogP contribution in [-0.4, -0.2) is 26.8 Å². The first-order chi connectivity index (χ1) is 8.95. The van der Waals surface area contributed by atoms with Gasteiger partial charge >= 0.3 is 0 Å². The number of halogens is 1. The Hall–Kier alpha value is -1.31. The van der Waals surface area contributed by atoms with Gasteiger partial charge in [0.1, 0.15) is 5.54 Å². The molecule has 19 heavy (non-hydrogen) atoms. The molecule has 1 aliphatic heterocycles. The van der Waals surface area contributed by atoms with E-state index in [-0.39, 0.29) is 9.82 Å². The number of benzene rings is 1. The minimum atomic E-state index is -0.791. The Kier molecular flexibility index (Phi) is 3.98. The number of carbonyl (C=O) groups is 2. The van der Waals surface area contributed by atoms with Gasteiger partial charge in [0, 0.05) is 29.1 Å². The number of nitrogen functional groups attached to an aromatic ring is 1. The molecule has 6 heteroatoms. The fourth-order valence-electron chi connectivity index (χ4n) is 2.35. The van der Waals surface area contributed by atoms with Crippen LogP contribution in [0, 0.1) is 0 Å². The molecular weight excluding hydrogens is 357 g/mol. The largest absolute Gasteiger partial charge is 0.397 e. The van der Waals surface area contributed by atoms with Crippen molar-refractivity contribution in [3.63, 3.8) is 0 Å². The molecular formula is C13H16IN3O2. The molecule has 2 amide bonds. The minimum absolute atomic E-state index is 0.103. The Labute approximate surface area is 125 Å². The fraction of sp³-hybridized carbons (Fsp3) is 0.385. The highest BCUT2D eigenvalue weighted by molar-refractivity contribution is 14.1. The van der Waals surface area contributed by atoms with Crippen LogP contribution in [0.3, 0.4) is 0 Å². The first kappa shape index (κ1) is 14.1. The van der Waals surface area contributed by atoms with Gasteiger partial charge in [-0.1, -0.05) is 12.1 Å². The molecule has 1 aromatic rings. The Morgan fingerprint density at radius 1 is 1.42 bits per heavy atom. The molecule has 1 atom stereocenters. The Morgan fingerprint density at radius 2 is 2.11 bits per heavy atom. The van der Waals surface area contributed by atoms with E-state index in [0.717, 1.165) is 6.42 Å². The monoisotopic (exact) mass is 373 g/mol. The van der Waals surface area contributed by atoms with Gasteiger partial charge in [0.2, 0.25) is 5.91 Å². The molecule has 1 heterocycles. The van der Waals surface area contributed by atoms with Gasteiger partial charge in [-0.05, 0) is 31.9 Å². The van der Waals surface area contributed by atoms with E-state index in [1.54, 1.807) is 46.5 Å². The maximum Gasteiger partial charge on any atom is 0.284 e. The predicted octanol–water partition coefficient (Wildman–Crippen LogP) is 2.62. The molecule has 1 aromatic carbocycles. The average molecular weight is 373 g/mol. The molecule has 1 fully saturated rings. The van der Waals surface area contributed by atoms with Gasteiger partial charge in [-0.15, -0.1) is 0 Å². The van der Waals surface area contributed by atoms with E-state index in [9.17, 15) is 9.59 Å². The molecule has 0 saturated carbocycles. The molecule has 0 bridgehead atoms. The van der Waals surface area contributed by atoms with Crippen LogP contribution in [-0.2, 0) is 4.79 Å². The molecule has 1 aliphatic rings. The molecule has 3 N–H and O–H groups in total. The van der Waals surface area contributed by atoms with Crippen molar-refractivity contribution < 1.29 is 9.59 Å². The molecule has 0 aliphatic carbocycles. The van der Waals surface area contributed by atoms with Gasteiger partial charge in [-0.2, -0.15) is 0 Å². The first-order valence-corrected chi connectivity index (χ1v) is 7.16. The second kappa shape index (κ2) is 5.36. The first-order valence-electron chi connectivity index (χ1n) is 6.08. The third-order valence-corrected chi connectivity index (χ3v) is 4.13. The number of nitrogens with zero attached hydrogens (tertiary/aromatic N) is 1. The Balaban J connectivity index is 2.20. The van der Waals surface area contributed by atoms with Crippen molar-refractivity contribution in [2.75, 3.05) is 17.6 Å². The Morgan fingerprint density at radius 3 is 2.74 bits per heavy atom. The molecule has 0 radical (unpaired) electrons. The predicted molar refractivity (Wildman–Crippen MR) is 83.2 cm³/mol. The lowest BCUT2D eigenvalue weighted by Crippen LogP contribution is -2.51. The van der Waals surface area contributed by atoms with E-state index in [1.165, 1.54) is 0 Å². The highest BCUT2D eigenvalue weighted by atomic mass is 127. The van der Waals surface area contributed by atoms with E-state index in [2.05, 4.69) is 5.32 Å². The van der Waals surface area contributed by atoms with Crippen molar-refractivity contribution in [3.8, 4) is 0 Å². The number of amides is 2. The van der Waals surface area contributed by atoms with E-state index in [1.807, 2.05) is 12.1 Å². The zero-order valence-electron chi connectivity index (χ0n) is 10.6. The van der Waals surface area contributed by atoms with Gasteiger partial charge in [0.25, 0.3) is 3.91 Å². The summed E-state index contributed by atoms with van der Waals surface area (Å²) in [6.07, 6.45) is 1.50. The zero-order valence-corrected chi connectivity index (χ0v) is 12.8. The molecule has 0 unspecified atom stereocenters. The number of carbonyl (C=O) groups excluding carboxylic acids is 2. The van der Waals surface area contributed by atoms with Crippen molar-refractivity contribution in [1.29, 1.82) is 0 Å². The van der Waals surface area contributed by atoms with Crippen molar-refractivity contribution in [3.05, 3.63) is 24.3 Å². The van der Waals surface area contributed by atoms with E-state index in [0.29, 0.717) is 24.3 Å². The number of hydrogen-bond donors (Lipinski definition) is 2. The lowest BCUT2D eigenvalue weighted by atomic mass is 9.98. The van der Waals surface area contributed by atoms with Crippen LogP contribution in [0.2, 0.25) is 0 Å². The van der Waals surface area contributed by atoms with Crippen LogP contribution in [0.25, 0.3) is 0 Å². The van der Waals surface area contributed by atoms with Crippen LogP contribution in [0.4, 0.5) is 16.2 Å². The lowest BCUT2D eigenvalue weighted by molar-refractivity contribution is -0.124. The van der Waals surface area contributed by atoms with E-state index in [4.69, 9.17) is 5.73 Å². The number of para-hydroxylation sites is 2. The molecule has 102 valence electrons. The van der Waals surface area contributed by atoms with E-state index >= 15 is 0 Å². The van der Waals surface area contributed by atoms with Crippen LogP contribution >= 0.6 is 22.6 Å². The molecule has 0 spiro atoms. The molecule has 0 aromatic heterocycles. The summed E-state index contributed by atoms with van der Waals surface area (Å²) in [6.45, 7) is 2.42. The summed E-state index contributed by atoms with van der Waals surface area (Å²) in [4.78, 5) is 25.6.